The Balaban J connectivity index is 2.19. The Morgan fingerprint density at radius 3 is 2.67 bits per heavy atom. The quantitative estimate of drug-likeness (QED) is 0.785. The highest BCUT2D eigenvalue weighted by Gasteiger charge is 2.23. The molecular formula is C14H15FN2O3S. The van der Waals surface area contributed by atoms with Crippen LogP contribution in [0.5, 0.6) is 0 Å². The van der Waals surface area contributed by atoms with E-state index in [2.05, 4.69) is 10.2 Å². The van der Waals surface area contributed by atoms with Crippen LogP contribution in [0, 0.1) is 5.82 Å². The average Bonchev–Trinajstić information content (AvgIpc) is 2.94. The van der Waals surface area contributed by atoms with E-state index in [1.165, 1.54) is 25.3 Å². The molecule has 2 aromatic rings. The molecule has 2 unspecified atom stereocenters. The molecule has 1 heterocycles. The van der Waals surface area contributed by atoms with Gasteiger partial charge in [-0.15, -0.1) is 0 Å². The summed E-state index contributed by atoms with van der Waals surface area (Å²) in [6.07, 6.45) is -0.878. The first-order valence-corrected chi connectivity index (χ1v) is 7.26. The van der Waals surface area contributed by atoms with E-state index < -0.39 is 12.2 Å². The van der Waals surface area contributed by atoms with E-state index in [1.54, 1.807) is 12.1 Å². The highest BCUT2D eigenvalue weighted by molar-refractivity contribution is 8.13. The highest BCUT2D eigenvalue weighted by Crippen LogP contribution is 2.29. The van der Waals surface area contributed by atoms with Crippen molar-refractivity contribution in [2.45, 2.75) is 19.1 Å². The number of aromatic nitrogens is 2. The minimum Gasteiger partial charge on any atom is -0.389 e. The van der Waals surface area contributed by atoms with Gasteiger partial charge in [0.15, 0.2) is 5.12 Å². The third-order valence-electron chi connectivity index (χ3n) is 2.94. The van der Waals surface area contributed by atoms with Gasteiger partial charge in [-0.25, -0.2) is 4.39 Å². The number of hydrogen-bond donors (Lipinski definition) is 3. The number of aliphatic hydroxyl groups is 2. The summed E-state index contributed by atoms with van der Waals surface area (Å²) in [4.78, 5) is 10.9. The number of benzene rings is 1. The topological polar surface area (TPSA) is 86.2 Å². The summed E-state index contributed by atoms with van der Waals surface area (Å²) in [5.74, 6) is -0.275. The average molecular weight is 310 g/mol. The summed E-state index contributed by atoms with van der Waals surface area (Å²) in [5.41, 5.74) is 1.56. The van der Waals surface area contributed by atoms with Crippen molar-refractivity contribution < 1.29 is 19.4 Å². The predicted molar refractivity (Wildman–Crippen MR) is 78.1 cm³/mol. The lowest BCUT2D eigenvalue weighted by Gasteiger charge is -2.17. The molecule has 0 aliphatic heterocycles. The first-order chi connectivity index (χ1) is 9.99. The molecule has 1 aromatic carbocycles. The monoisotopic (exact) mass is 310 g/mol. The number of carbonyl (C=O) groups excluding carboxylic acids is 1. The van der Waals surface area contributed by atoms with E-state index in [-0.39, 0.29) is 16.7 Å². The van der Waals surface area contributed by atoms with Gasteiger partial charge in [0, 0.05) is 23.8 Å². The van der Waals surface area contributed by atoms with E-state index in [4.69, 9.17) is 0 Å². The van der Waals surface area contributed by atoms with Gasteiger partial charge < -0.3 is 10.2 Å². The molecule has 2 atom stereocenters. The van der Waals surface area contributed by atoms with Crippen LogP contribution in [0.1, 0.15) is 18.6 Å². The number of H-pyrrole nitrogens is 1. The molecule has 0 amide bonds. The normalized spacial score (nSPS) is 13.9. The van der Waals surface area contributed by atoms with Crippen LogP contribution in [0.2, 0.25) is 0 Å². The van der Waals surface area contributed by atoms with Crippen molar-refractivity contribution in [3.05, 3.63) is 41.8 Å². The number of nitrogens with one attached hydrogen (secondary N) is 1. The van der Waals surface area contributed by atoms with Gasteiger partial charge >= 0.3 is 0 Å². The van der Waals surface area contributed by atoms with Gasteiger partial charge in [0.05, 0.1) is 18.0 Å². The fourth-order valence-electron chi connectivity index (χ4n) is 1.87. The number of aliphatic hydroxyl groups excluding tert-OH is 2. The smallest absolute Gasteiger partial charge is 0.185 e. The first kappa shape index (κ1) is 15.7. The van der Waals surface area contributed by atoms with Crippen molar-refractivity contribution in [3.8, 4) is 11.3 Å². The Labute approximate surface area is 125 Å². The molecular weight excluding hydrogens is 295 g/mol. The zero-order valence-corrected chi connectivity index (χ0v) is 12.1. The predicted octanol–water partition coefficient (Wildman–Crippen LogP) is 1.89. The van der Waals surface area contributed by atoms with Crippen molar-refractivity contribution in [1.29, 1.82) is 0 Å². The summed E-state index contributed by atoms with van der Waals surface area (Å²) >= 11 is 0.939. The SMILES string of the molecule is CC(=O)SCC(O)C(O)c1cn[nH]c1-c1ccc(F)cc1. The van der Waals surface area contributed by atoms with Gasteiger partial charge in [-0.1, -0.05) is 11.8 Å². The lowest BCUT2D eigenvalue weighted by Crippen LogP contribution is -2.21. The van der Waals surface area contributed by atoms with E-state index >= 15 is 0 Å². The Hall–Kier alpha value is -1.70. The fraction of sp³-hybridized carbons (Fsp3) is 0.286. The molecule has 0 saturated heterocycles. The molecule has 0 aliphatic rings. The number of aromatic amines is 1. The maximum atomic E-state index is 12.9. The molecule has 5 nitrogen and oxygen atoms in total. The molecule has 0 aliphatic carbocycles. The lowest BCUT2D eigenvalue weighted by molar-refractivity contribution is -0.109. The molecule has 21 heavy (non-hydrogen) atoms. The number of carbonyl (C=O) groups is 1. The summed E-state index contributed by atoms with van der Waals surface area (Å²) in [5, 5.41) is 26.6. The number of nitrogens with zero attached hydrogens (tertiary/aromatic N) is 1. The van der Waals surface area contributed by atoms with Crippen molar-refractivity contribution in [2.24, 2.45) is 0 Å². The molecule has 0 spiro atoms. The van der Waals surface area contributed by atoms with Crippen molar-refractivity contribution in [3.63, 3.8) is 0 Å². The molecule has 0 radical (unpaired) electrons. The fourth-order valence-corrected chi connectivity index (χ4v) is 2.46. The Kier molecular flexibility index (Phi) is 5.11. The molecule has 1 aromatic heterocycles. The molecule has 0 saturated carbocycles. The lowest BCUT2D eigenvalue weighted by atomic mass is 10.0. The van der Waals surface area contributed by atoms with Crippen molar-refractivity contribution in [1.82, 2.24) is 10.2 Å². The summed E-state index contributed by atoms with van der Waals surface area (Å²) in [7, 11) is 0. The van der Waals surface area contributed by atoms with Gasteiger partial charge in [0.1, 0.15) is 11.9 Å². The van der Waals surface area contributed by atoms with Gasteiger partial charge in [-0.05, 0) is 24.3 Å². The number of thioether (sulfide) groups is 1. The van der Waals surface area contributed by atoms with Crippen LogP contribution in [0.15, 0.2) is 30.5 Å². The van der Waals surface area contributed by atoms with Crippen LogP contribution in [-0.4, -0.2) is 37.4 Å². The van der Waals surface area contributed by atoms with Crippen LogP contribution in [0.4, 0.5) is 4.39 Å². The van der Waals surface area contributed by atoms with Crippen LogP contribution < -0.4 is 0 Å². The molecule has 0 fully saturated rings. The number of halogens is 1. The number of hydrogen-bond acceptors (Lipinski definition) is 5. The maximum absolute atomic E-state index is 12.9. The third kappa shape index (κ3) is 3.90. The largest absolute Gasteiger partial charge is 0.389 e. The van der Waals surface area contributed by atoms with Crippen LogP contribution in [0.3, 0.4) is 0 Å². The van der Waals surface area contributed by atoms with E-state index in [0.29, 0.717) is 16.8 Å². The summed E-state index contributed by atoms with van der Waals surface area (Å²) in [6, 6.07) is 5.70. The minimum atomic E-state index is -1.18. The third-order valence-corrected chi connectivity index (χ3v) is 3.86. The van der Waals surface area contributed by atoms with Crippen LogP contribution >= 0.6 is 11.8 Å². The zero-order chi connectivity index (χ0) is 15.4. The van der Waals surface area contributed by atoms with Crippen molar-refractivity contribution >= 4 is 16.9 Å². The standard InChI is InChI=1S/C14H15FN2O3S/c1-8(18)21-7-12(19)14(20)11-6-16-17-13(11)9-2-4-10(15)5-3-9/h2-6,12,14,19-20H,7H2,1H3,(H,16,17). The first-order valence-electron chi connectivity index (χ1n) is 6.27. The van der Waals surface area contributed by atoms with Gasteiger partial charge in [0.2, 0.25) is 0 Å². The zero-order valence-electron chi connectivity index (χ0n) is 11.3. The Bertz CT molecular complexity index is 615. The van der Waals surface area contributed by atoms with Crippen molar-refractivity contribution in [2.75, 3.05) is 5.75 Å². The van der Waals surface area contributed by atoms with Gasteiger partial charge in [-0.2, -0.15) is 5.10 Å². The van der Waals surface area contributed by atoms with E-state index in [0.717, 1.165) is 11.8 Å². The molecule has 7 heteroatoms. The summed E-state index contributed by atoms with van der Waals surface area (Å²) < 4.78 is 12.9. The van der Waals surface area contributed by atoms with E-state index in [1.807, 2.05) is 0 Å². The summed E-state index contributed by atoms with van der Waals surface area (Å²) in [6.45, 7) is 1.39. The Morgan fingerprint density at radius 2 is 2.05 bits per heavy atom. The highest BCUT2D eigenvalue weighted by atomic mass is 32.2. The van der Waals surface area contributed by atoms with Gasteiger partial charge in [-0.3, -0.25) is 9.89 Å². The van der Waals surface area contributed by atoms with Crippen LogP contribution in [0.25, 0.3) is 11.3 Å². The number of rotatable bonds is 5. The second-order valence-corrected chi connectivity index (χ2v) is 5.72. The molecule has 3 N–H and O–H groups in total. The Morgan fingerprint density at radius 1 is 1.38 bits per heavy atom. The van der Waals surface area contributed by atoms with E-state index in [9.17, 15) is 19.4 Å². The molecule has 112 valence electrons. The maximum Gasteiger partial charge on any atom is 0.185 e. The molecule has 0 bridgehead atoms. The minimum absolute atomic E-state index is 0.0878. The second-order valence-electron chi connectivity index (χ2n) is 4.52. The second kappa shape index (κ2) is 6.84. The molecule has 2 rings (SSSR count). The van der Waals surface area contributed by atoms with Gasteiger partial charge in [0.25, 0.3) is 0 Å². The van der Waals surface area contributed by atoms with Crippen LogP contribution in [-0.2, 0) is 4.79 Å².